The summed E-state index contributed by atoms with van der Waals surface area (Å²) in [7, 11) is 0. The van der Waals surface area contributed by atoms with Crippen LogP contribution in [0.3, 0.4) is 0 Å². The fraction of sp³-hybridized carbons (Fsp3) is 0.692. The summed E-state index contributed by atoms with van der Waals surface area (Å²) in [5.74, 6) is 0.0687. The Morgan fingerprint density at radius 2 is 2.00 bits per heavy atom. The first-order valence-electron chi connectivity index (χ1n) is 6.31. The van der Waals surface area contributed by atoms with Crippen molar-refractivity contribution in [3.05, 3.63) is 17.7 Å². The van der Waals surface area contributed by atoms with Crippen molar-refractivity contribution in [1.29, 1.82) is 0 Å². The molecule has 0 aromatic carbocycles. The number of carbonyl (C=O) groups excluding carboxylic acids is 1. The second kappa shape index (κ2) is 5.84. The number of carbonyl (C=O) groups is 1. The molecule has 1 aromatic heterocycles. The van der Waals surface area contributed by atoms with Gasteiger partial charge in [-0.05, 0) is 33.6 Å². The van der Waals surface area contributed by atoms with E-state index in [9.17, 15) is 4.79 Å². The van der Waals surface area contributed by atoms with Gasteiger partial charge in [0.25, 0.3) is 0 Å². The van der Waals surface area contributed by atoms with Crippen molar-refractivity contribution in [3.8, 4) is 0 Å². The van der Waals surface area contributed by atoms with E-state index in [1.807, 2.05) is 25.3 Å². The lowest BCUT2D eigenvalue weighted by molar-refractivity contribution is -0.124. The quantitative estimate of drug-likeness (QED) is 0.854. The summed E-state index contributed by atoms with van der Waals surface area (Å²) < 4.78 is 1.92. The van der Waals surface area contributed by atoms with E-state index in [1.165, 1.54) is 0 Å². The number of amides is 1. The highest BCUT2D eigenvalue weighted by atomic mass is 16.2. The van der Waals surface area contributed by atoms with Gasteiger partial charge in [0.1, 0.15) is 6.04 Å². The highest BCUT2D eigenvalue weighted by molar-refractivity contribution is 5.80. The maximum Gasteiger partial charge on any atom is 0.243 e. The van der Waals surface area contributed by atoms with Crippen molar-refractivity contribution in [2.24, 2.45) is 0 Å². The summed E-state index contributed by atoms with van der Waals surface area (Å²) in [6.07, 6.45) is 3.68. The molecular weight excluding hydrogens is 214 g/mol. The first kappa shape index (κ1) is 13.7. The molecule has 1 rings (SSSR count). The molecular formula is C13H23N3O. The molecule has 1 heterocycles. The lowest BCUT2D eigenvalue weighted by atomic mass is 10.1. The fourth-order valence-corrected chi connectivity index (χ4v) is 1.85. The zero-order chi connectivity index (χ0) is 13.0. The standard InChI is InChI=1S/C13H23N3O/c1-6-12(7-2)15-13(17)11(5)16-8-14-9(3)10(16)4/h8,11-12H,6-7H2,1-5H3,(H,15,17). The SMILES string of the molecule is CCC(CC)NC(=O)C(C)n1cnc(C)c1C. The highest BCUT2D eigenvalue weighted by Gasteiger charge is 2.19. The number of rotatable bonds is 5. The summed E-state index contributed by atoms with van der Waals surface area (Å²) in [6, 6.07) is 0.0756. The first-order chi connectivity index (χ1) is 8.01. The molecule has 0 aliphatic heterocycles. The number of nitrogens with zero attached hydrogens (tertiary/aromatic N) is 2. The van der Waals surface area contributed by atoms with Crippen LogP contribution in [0.25, 0.3) is 0 Å². The van der Waals surface area contributed by atoms with Crippen LogP contribution in [0.5, 0.6) is 0 Å². The van der Waals surface area contributed by atoms with Crippen LogP contribution in [0, 0.1) is 13.8 Å². The minimum Gasteiger partial charge on any atom is -0.352 e. The average molecular weight is 237 g/mol. The van der Waals surface area contributed by atoms with Crippen molar-refractivity contribution in [1.82, 2.24) is 14.9 Å². The van der Waals surface area contributed by atoms with E-state index in [4.69, 9.17) is 0 Å². The minimum absolute atomic E-state index is 0.0687. The van der Waals surface area contributed by atoms with Crippen LogP contribution in [0.1, 0.15) is 51.0 Å². The number of aromatic nitrogens is 2. The van der Waals surface area contributed by atoms with Crippen LogP contribution < -0.4 is 5.32 Å². The predicted octanol–water partition coefficient (Wildman–Crippen LogP) is 2.37. The molecule has 96 valence electrons. The van der Waals surface area contributed by atoms with Crippen molar-refractivity contribution in [2.75, 3.05) is 0 Å². The van der Waals surface area contributed by atoms with E-state index in [0.29, 0.717) is 0 Å². The lowest BCUT2D eigenvalue weighted by Gasteiger charge is -2.20. The number of imidazole rings is 1. The van der Waals surface area contributed by atoms with E-state index >= 15 is 0 Å². The molecule has 0 fully saturated rings. The second-order valence-electron chi connectivity index (χ2n) is 4.52. The molecule has 1 N–H and O–H groups in total. The number of hydrogen-bond acceptors (Lipinski definition) is 2. The maximum absolute atomic E-state index is 12.1. The largest absolute Gasteiger partial charge is 0.352 e. The molecule has 0 bridgehead atoms. The van der Waals surface area contributed by atoms with Gasteiger partial charge in [-0.1, -0.05) is 13.8 Å². The zero-order valence-electron chi connectivity index (χ0n) is 11.4. The van der Waals surface area contributed by atoms with Gasteiger partial charge in [-0.25, -0.2) is 4.98 Å². The summed E-state index contributed by atoms with van der Waals surface area (Å²) in [5.41, 5.74) is 2.03. The Bertz CT molecular complexity index is 380. The highest BCUT2D eigenvalue weighted by Crippen LogP contribution is 2.13. The van der Waals surface area contributed by atoms with Crippen molar-refractivity contribution < 1.29 is 4.79 Å². The number of nitrogens with one attached hydrogen (secondary N) is 1. The minimum atomic E-state index is -0.197. The molecule has 4 heteroatoms. The third-order valence-electron chi connectivity index (χ3n) is 3.42. The molecule has 1 aromatic rings. The smallest absolute Gasteiger partial charge is 0.243 e. The third kappa shape index (κ3) is 3.08. The molecule has 1 amide bonds. The van der Waals surface area contributed by atoms with E-state index in [2.05, 4.69) is 24.1 Å². The molecule has 17 heavy (non-hydrogen) atoms. The van der Waals surface area contributed by atoms with Crippen LogP contribution in [0.15, 0.2) is 6.33 Å². The second-order valence-corrected chi connectivity index (χ2v) is 4.52. The maximum atomic E-state index is 12.1. The molecule has 0 saturated heterocycles. The van der Waals surface area contributed by atoms with E-state index in [1.54, 1.807) is 6.33 Å². The van der Waals surface area contributed by atoms with Gasteiger partial charge in [0, 0.05) is 11.7 Å². The van der Waals surface area contributed by atoms with E-state index in [0.717, 1.165) is 24.2 Å². The van der Waals surface area contributed by atoms with E-state index in [-0.39, 0.29) is 18.0 Å². The molecule has 0 spiro atoms. The van der Waals surface area contributed by atoms with E-state index < -0.39 is 0 Å². The molecule has 4 nitrogen and oxygen atoms in total. The van der Waals surface area contributed by atoms with Crippen molar-refractivity contribution in [3.63, 3.8) is 0 Å². The number of hydrogen-bond donors (Lipinski definition) is 1. The molecule has 0 radical (unpaired) electrons. The summed E-state index contributed by atoms with van der Waals surface area (Å²) in [4.78, 5) is 16.3. The van der Waals surface area contributed by atoms with Crippen LogP contribution in [0.4, 0.5) is 0 Å². The Kier molecular flexibility index (Phi) is 4.73. The fourth-order valence-electron chi connectivity index (χ4n) is 1.85. The first-order valence-corrected chi connectivity index (χ1v) is 6.31. The van der Waals surface area contributed by atoms with Gasteiger partial charge in [-0.15, -0.1) is 0 Å². The summed E-state index contributed by atoms with van der Waals surface area (Å²) >= 11 is 0. The van der Waals surface area contributed by atoms with Gasteiger partial charge >= 0.3 is 0 Å². The van der Waals surface area contributed by atoms with Gasteiger partial charge < -0.3 is 9.88 Å². The van der Waals surface area contributed by atoms with Crippen LogP contribution >= 0.6 is 0 Å². The zero-order valence-corrected chi connectivity index (χ0v) is 11.4. The Morgan fingerprint density at radius 1 is 1.41 bits per heavy atom. The Morgan fingerprint density at radius 3 is 2.41 bits per heavy atom. The Balaban J connectivity index is 2.73. The van der Waals surface area contributed by atoms with Crippen LogP contribution in [-0.4, -0.2) is 21.5 Å². The predicted molar refractivity (Wildman–Crippen MR) is 68.9 cm³/mol. The van der Waals surface area contributed by atoms with Gasteiger partial charge in [-0.3, -0.25) is 4.79 Å². The van der Waals surface area contributed by atoms with Gasteiger partial charge in [0.2, 0.25) is 5.91 Å². The van der Waals surface area contributed by atoms with Crippen molar-refractivity contribution in [2.45, 2.75) is 59.5 Å². The van der Waals surface area contributed by atoms with Gasteiger partial charge in [0.05, 0.1) is 12.0 Å². The third-order valence-corrected chi connectivity index (χ3v) is 3.42. The molecule has 0 aliphatic rings. The Labute approximate surface area is 103 Å². The molecule has 1 atom stereocenters. The monoisotopic (exact) mass is 237 g/mol. The summed E-state index contributed by atoms with van der Waals surface area (Å²) in [5, 5.41) is 3.06. The number of aryl methyl sites for hydroxylation is 1. The molecule has 0 saturated carbocycles. The normalized spacial score (nSPS) is 12.8. The van der Waals surface area contributed by atoms with Crippen LogP contribution in [-0.2, 0) is 4.79 Å². The summed E-state index contributed by atoms with van der Waals surface area (Å²) in [6.45, 7) is 10.0. The average Bonchev–Trinajstić information content (AvgIpc) is 2.65. The van der Waals surface area contributed by atoms with Crippen molar-refractivity contribution >= 4 is 5.91 Å². The topological polar surface area (TPSA) is 46.9 Å². The van der Waals surface area contributed by atoms with Crippen LogP contribution in [0.2, 0.25) is 0 Å². The Hall–Kier alpha value is -1.32. The molecule has 0 aliphatic carbocycles. The lowest BCUT2D eigenvalue weighted by Crippen LogP contribution is -2.38. The van der Waals surface area contributed by atoms with Gasteiger partial charge in [0.15, 0.2) is 0 Å². The molecule has 1 unspecified atom stereocenters. The van der Waals surface area contributed by atoms with Gasteiger partial charge in [-0.2, -0.15) is 0 Å².